The molecule has 7 heteroatoms. The molecule has 1 fully saturated rings. The summed E-state index contributed by atoms with van der Waals surface area (Å²) in [6.07, 6.45) is 1.99. The van der Waals surface area contributed by atoms with Crippen molar-refractivity contribution in [3.8, 4) is 5.75 Å². The molecule has 1 aromatic heterocycles. The van der Waals surface area contributed by atoms with E-state index in [1.54, 1.807) is 24.1 Å². The second kappa shape index (κ2) is 9.02. The fourth-order valence-corrected chi connectivity index (χ4v) is 4.77. The third kappa shape index (κ3) is 4.06. The van der Waals surface area contributed by atoms with Crippen molar-refractivity contribution in [2.75, 3.05) is 38.2 Å². The molecule has 0 bridgehead atoms. The van der Waals surface area contributed by atoms with Gasteiger partial charge in [0.25, 0.3) is 5.91 Å². The average Bonchev–Trinajstić information content (AvgIpc) is 3.42. The molecule has 2 aliphatic heterocycles. The van der Waals surface area contributed by atoms with Crippen LogP contribution in [0.5, 0.6) is 5.75 Å². The number of para-hydroxylation sites is 2. The van der Waals surface area contributed by atoms with Gasteiger partial charge in [0.2, 0.25) is 5.91 Å². The summed E-state index contributed by atoms with van der Waals surface area (Å²) in [5.74, 6) is 0.828. The van der Waals surface area contributed by atoms with Gasteiger partial charge < -0.3 is 23.9 Å². The van der Waals surface area contributed by atoms with Gasteiger partial charge in [-0.2, -0.15) is 0 Å². The van der Waals surface area contributed by atoms with Crippen molar-refractivity contribution in [1.29, 1.82) is 0 Å². The van der Waals surface area contributed by atoms with E-state index in [1.807, 2.05) is 53.4 Å². The van der Waals surface area contributed by atoms with Gasteiger partial charge in [-0.15, -0.1) is 0 Å². The molecule has 3 heterocycles. The number of fused-ring (bicyclic) bond motifs is 1. The van der Waals surface area contributed by atoms with Crippen LogP contribution in [0.15, 0.2) is 71.3 Å². The molecule has 0 N–H and O–H groups in total. The van der Waals surface area contributed by atoms with Gasteiger partial charge in [0.15, 0.2) is 5.76 Å². The van der Waals surface area contributed by atoms with Crippen LogP contribution in [-0.2, 0) is 17.8 Å². The zero-order valence-corrected chi connectivity index (χ0v) is 18.6. The van der Waals surface area contributed by atoms with E-state index in [-0.39, 0.29) is 17.6 Å². The number of piperazine rings is 1. The molecule has 1 saturated heterocycles. The summed E-state index contributed by atoms with van der Waals surface area (Å²) in [5.41, 5.74) is 3.22. The molecule has 2 amide bonds. The van der Waals surface area contributed by atoms with Crippen LogP contribution in [0.25, 0.3) is 0 Å². The maximum atomic E-state index is 13.7. The number of furan rings is 1. The molecular weight excluding hydrogens is 418 g/mol. The first-order valence-corrected chi connectivity index (χ1v) is 11.2. The molecular formula is C26H27N3O4. The first-order chi connectivity index (χ1) is 16.2. The molecule has 33 heavy (non-hydrogen) atoms. The van der Waals surface area contributed by atoms with Gasteiger partial charge in [0.1, 0.15) is 11.8 Å². The molecule has 5 rings (SSSR count). The fourth-order valence-electron chi connectivity index (χ4n) is 4.77. The molecule has 0 spiro atoms. The summed E-state index contributed by atoms with van der Waals surface area (Å²) < 4.78 is 10.9. The first-order valence-electron chi connectivity index (χ1n) is 11.2. The van der Waals surface area contributed by atoms with Crippen molar-refractivity contribution in [3.63, 3.8) is 0 Å². The third-order valence-electron chi connectivity index (χ3n) is 6.54. The Labute approximate surface area is 193 Å². The molecule has 3 aromatic rings. The lowest BCUT2D eigenvalue weighted by Gasteiger charge is -2.41. The summed E-state index contributed by atoms with van der Waals surface area (Å²) in [6, 6.07) is 18.7. The number of ether oxygens (including phenoxy) is 1. The monoisotopic (exact) mass is 445 g/mol. The predicted octanol–water partition coefficient (Wildman–Crippen LogP) is 3.20. The van der Waals surface area contributed by atoms with Gasteiger partial charge >= 0.3 is 0 Å². The Hall–Kier alpha value is -3.74. The Morgan fingerprint density at radius 2 is 1.64 bits per heavy atom. The van der Waals surface area contributed by atoms with E-state index in [0.29, 0.717) is 39.1 Å². The van der Waals surface area contributed by atoms with Crippen LogP contribution in [0.1, 0.15) is 21.7 Å². The number of nitrogens with zero attached hydrogens (tertiary/aromatic N) is 3. The molecule has 0 aliphatic carbocycles. The van der Waals surface area contributed by atoms with Crippen LogP contribution >= 0.6 is 0 Å². The zero-order chi connectivity index (χ0) is 22.8. The van der Waals surface area contributed by atoms with Crippen LogP contribution in [-0.4, -0.2) is 60.9 Å². The van der Waals surface area contributed by atoms with Crippen molar-refractivity contribution >= 4 is 17.5 Å². The number of carbonyl (C=O) groups is 2. The number of rotatable bonds is 4. The van der Waals surface area contributed by atoms with Crippen molar-refractivity contribution < 1.29 is 18.7 Å². The maximum absolute atomic E-state index is 13.7. The van der Waals surface area contributed by atoms with Crippen LogP contribution < -0.4 is 9.64 Å². The summed E-state index contributed by atoms with van der Waals surface area (Å²) in [6.45, 7) is 3.01. The van der Waals surface area contributed by atoms with Crippen molar-refractivity contribution in [2.24, 2.45) is 0 Å². The van der Waals surface area contributed by atoms with E-state index in [1.165, 1.54) is 6.26 Å². The number of carbonyl (C=O) groups excluding carboxylic acids is 2. The minimum absolute atomic E-state index is 0.0101. The minimum atomic E-state index is -0.546. The predicted molar refractivity (Wildman–Crippen MR) is 124 cm³/mol. The number of methoxy groups -OCH3 is 1. The highest BCUT2D eigenvalue weighted by molar-refractivity contribution is 5.96. The van der Waals surface area contributed by atoms with E-state index in [0.717, 1.165) is 22.6 Å². The SMILES string of the molecule is COc1ccccc1N1CCN(C(=O)[C@@H]2Cc3ccccc3CN2C(=O)c2ccco2)CC1. The first kappa shape index (κ1) is 21.1. The number of hydrogen-bond acceptors (Lipinski definition) is 5. The van der Waals surface area contributed by atoms with Crippen molar-refractivity contribution in [3.05, 3.63) is 83.8 Å². The normalized spacial score (nSPS) is 18.1. The number of anilines is 1. The molecule has 0 radical (unpaired) electrons. The van der Waals surface area contributed by atoms with E-state index in [2.05, 4.69) is 4.90 Å². The molecule has 1 atom stereocenters. The van der Waals surface area contributed by atoms with E-state index >= 15 is 0 Å². The Kier molecular flexibility index (Phi) is 5.77. The van der Waals surface area contributed by atoms with Gasteiger partial charge in [-0.25, -0.2) is 0 Å². The number of benzene rings is 2. The molecule has 2 aliphatic rings. The average molecular weight is 446 g/mol. The summed E-state index contributed by atoms with van der Waals surface area (Å²) >= 11 is 0. The maximum Gasteiger partial charge on any atom is 0.290 e. The Morgan fingerprint density at radius 1 is 0.909 bits per heavy atom. The summed E-state index contributed by atoms with van der Waals surface area (Å²) in [5, 5.41) is 0. The third-order valence-corrected chi connectivity index (χ3v) is 6.54. The topological polar surface area (TPSA) is 66.2 Å². The second-order valence-electron chi connectivity index (χ2n) is 8.38. The number of hydrogen-bond donors (Lipinski definition) is 0. The summed E-state index contributed by atoms with van der Waals surface area (Å²) in [4.78, 5) is 32.7. The smallest absolute Gasteiger partial charge is 0.290 e. The van der Waals surface area contributed by atoms with E-state index in [4.69, 9.17) is 9.15 Å². The highest BCUT2D eigenvalue weighted by Crippen LogP contribution is 2.30. The number of amides is 2. The second-order valence-corrected chi connectivity index (χ2v) is 8.38. The molecule has 7 nitrogen and oxygen atoms in total. The van der Waals surface area contributed by atoms with Gasteiger partial charge in [-0.1, -0.05) is 36.4 Å². The lowest BCUT2D eigenvalue weighted by molar-refractivity contribution is -0.137. The van der Waals surface area contributed by atoms with Gasteiger partial charge in [0.05, 0.1) is 19.1 Å². The Bertz CT molecular complexity index is 1140. The van der Waals surface area contributed by atoms with Crippen LogP contribution in [0.2, 0.25) is 0 Å². The Morgan fingerprint density at radius 3 is 2.36 bits per heavy atom. The van der Waals surface area contributed by atoms with E-state index in [9.17, 15) is 9.59 Å². The molecule has 0 unspecified atom stereocenters. The highest BCUT2D eigenvalue weighted by atomic mass is 16.5. The fraction of sp³-hybridized carbons (Fsp3) is 0.308. The Balaban J connectivity index is 1.34. The largest absolute Gasteiger partial charge is 0.495 e. The van der Waals surface area contributed by atoms with Crippen LogP contribution in [0.4, 0.5) is 5.69 Å². The summed E-state index contributed by atoms with van der Waals surface area (Å²) in [7, 11) is 1.67. The zero-order valence-electron chi connectivity index (χ0n) is 18.6. The van der Waals surface area contributed by atoms with Crippen molar-refractivity contribution in [2.45, 2.75) is 19.0 Å². The highest BCUT2D eigenvalue weighted by Gasteiger charge is 2.38. The minimum Gasteiger partial charge on any atom is -0.495 e. The van der Waals surface area contributed by atoms with Crippen LogP contribution in [0.3, 0.4) is 0 Å². The van der Waals surface area contributed by atoms with Crippen LogP contribution in [0, 0.1) is 0 Å². The van der Waals surface area contributed by atoms with Crippen molar-refractivity contribution in [1.82, 2.24) is 9.80 Å². The lowest BCUT2D eigenvalue weighted by Crippen LogP contribution is -2.57. The molecule has 170 valence electrons. The molecule has 0 saturated carbocycles. The quantitative estimate of drug-likeness (QED) is 0.617. The molecule has 2 aromatic carbocycles. The van der Waals surface area contributed by atoms with Gasteiger partial charge in [-0.05, 0) is 35.4 Å². The van der Waals surface area contributed by atoms with Gasteiger partial charge in [0, 0.05) is 39.1 Å². The lowest BCUT2D eigenvalue weighted by atomic mass is 9.92. The van der Waals surface area contributed by atoms with Gasteiger partial charge in [-0.3, -0.25) is 9.59 Å². The standard InChI is InChI=1S/C26H27N3O4/c1-32-23-10-5-4-9-21(23)27-12-14-28(15-13-27)25(30)22-17-19-7-2-3-8-20(19)18-29(22)26(31)24-11-6-16-33-24/h2-11,16,22H,12-15,17-18H2,1H3/t22-/m0/s1. The van der Waals surface area contributed by atoms with E-state index < -0.39 is 6.04 Å².